The molecule has 0 spiro atoms. The topological polar surface area (TPSA) is 60.4 Å². The summed E-state index contributed by atoms with van der Waals surface area (Å²) in [6, 6.07) is 0. The molecule has 0 unspecified atom stereocenters. The fourth-order valence-corrected chi connectivity index (χ4v) is 8.39. The lowest BCUT2D eigenvalue weighted by Gasteiger charge is -2.56. The molecule has 4 aliphatic rings. The Morgan fingerprint density at radius 1 is 1.09 bits per heavy atom. The van der Waals surface area contributed by atoms with Gasteiger partial charge in [-0.25, -0.2) is 0 Å². The van der Waals surface area contributed by atoms with Crippen LogP contribution >= 0.6 is 0 Å². The van der Waals surface area contributed by atoms with Crippen LogP contribution in [0.4, 0.5) is 0 Å². The minimum Gasteiger partial charge on any atom is -0.446 e. The van der Waals surface area contributed by atoms with E-state index in [1.807, 2.05) is 6.08 Å². The van der Waals surface area contributed by atoms with Crippen molar-refractivity contribution in [2.75, 3.05) is 0 Å². The summed E-state index contributed by atoms with van der Waals surface area (Å²) in [5.41, 5.74) is 0.675. The van der Waals surface area contributed by atoms with Crippen molar-refractivity contribution in [3.05, 3.63) is 23.8 Å². The first-order valence-electron chi connectivity index (χ1n) is 13.4. The number of carbonyl (C=O) groups excluding carboxylic acids is 3. The maximum Gasteiger partial charge on any atom is 0.307 e. The number of allylic oxidation sites excluding steroid dienone is 1. The van der Waals surface area contributed by atoms with Crippen LogP contribution in [0, 0.1) is 29.1 Å². The normalized spacial score (nSPS) is 37.6. The molecule has 4 aliphatic carbocycles. The summed E-state index contributed by atoms with van der Waals surface area (Å²) in [5.74, 6) is 1.92. The zero-order valence-corrected chi connectivity index (χ0v) is 20.9. The van der Waals surface area contributed by atoms with Crippen LogP contribution in [-0.4, -0.2) is 23.1 Å². The molecule has 0 aromatic carbocycles. The first kappa shape index (κ1) is 24.4. The highest BCUT2D eigenvalue weighted by atomic mass is 16.6. The van der Waals surface area contributed by atoms with Crippen molar-refractivity contribution in [2.45, 2.75) is 110 Å². The van der Waals surface area contributed by atoms with Crippen LogP contribution in [0.1, 0.15) is 104 Å². The average molecular weight is 455 g/mol. The van der Waals surface area contributed by atoms with Gasteiger partial charge in [-0.15, -0.1) is 0 Å². The Morgan fingerprint density at radius 2 is 1.88 bits per heavy atom. The van der Waals surface area contributed by atoms with Gasteiger partial charge in [0.1, 0.15) is 0 Å². The van der Waals surface area contributed by atoms with Crippen molar-refractivity contribution < 1.29 is 19.1 Å². The second-order valence-corrected chi connectivity index (χ2v) is 11.2. The van der Waals surface area contributed by atoms with Crippen LogP contribution < -0.4 is 0 Å². The molecule has 182 valence electrons. The van der Waals surface area contributed by atoms with E-state index in [1.165, 1.54) is 5.57 Å². The monoisotopic (exact) mass is 454 g/mol. The molecular weight excluding hydrogens is 412 g/mol. The predicted molar refractivity (Wildman–Crippen MR) is 129 cm³/mol. The van der Waals surface area contributed by atoms with E-state index in [0.29, 0.717) is 36.5 Å². The van der Waals surface area contributed by atoms with E-state index in [4.69, 9.17) is 4.74 Å². The highest BCUT2D eigenvalue weighted by molar-refractivity contribution is 5.93. The first-order valence-corrected chi connectivity index (χ1v) is 13.4. The third kappa shape index (κ3) is 3.86. The van der Waals surface area contributed by atoms with Crippen LogP contribution in [0.2, 0.25) is 0 Å². The number of esters is 1. The van der Waals surface area contributed by atoms with Gasteiger partial charge in [0, 0.05) is 18.3 Å². The zero-order valence-electron chi connectivity index (χ0n) is 20.9. The molecule has 0 radical (unpaired) electrons. The number of carbonyl (C=O) groups is 3. The third-order valence-electron chi connectivity index (χ3n) is 9.80. The van der Waals surface area contributed by atoms with Gasteiger partial charge in [0.05, 0.1) is 0 Å². The van der Waals surface area contributed by atoms with Gasteiger partial charge in [-0.3, -0.25) is 14.4 Å². The molecule has 0 amide bonds. The lowest BCUT2D eigenvalue weighted by molar-refractivity contribution is -0.185. The molecule has 3 saturated carbocycles. The Balaban J connectivity index is 1.62. The van der Waals surface area contributed by atoms with Crippen molar-refractivity contribution in [1.82, 2.24) is 0 Å². The number of rotatable bonds is 8. The SMILES string of the molecule is C=C1C[C@H]2[C@@H]3CCC4=CC(=O)CC[C@@H]4[C@H]3CC[C@]2(CC)[C@@]1(OC(=O)CCCCCC)C(C)=O. The van der Waals surface area contributed by atoms with Crippen molar-refractivity contribution in [2.24, 2.45) is 29.1 Å². The van der Waals surface area contributed by atoms with Crippen molar-refractivity contribution in [3.63, 3.8) is 0 Å². The van der Waals surface area contributed by atoms with E-state index >= 15 is 0 Å². The summed E-state index contributed by atoms with van der Waals surface area (Å²) in [6.07, 6.45) is 13.6. The summed E-state index contributed by atoms with van der Waals surface area (Å²) in [5, 5.41) is 0. The minimum atomic E-state index is -1.17. The largest absolute Gasteiger partial charge is 0.446 e. The van der Waals surface area contributed by atoms with E-state index in [2.05, 4.69) is 20.4 Å². The second-order valence-electron chi connectivity index (χ2n) is 11.2. The molecule has 4 nitrogen and oxygen atoms in total. The van der Waals surface area contributed by atoms with Crippen LogP contribution in [0.3, 0.4) is 0 Å². The van der Waals surface area contributed by atoms with Gasteiger partial charge in [0.25, 0.3) is 0 Å². The van der Waals surface area contributed by atoms with E-state index in [9.17, 15) is 14.4 Å². The van der Waals surface area contributed by atoms with Gasteiger partial charge < -0.3 is 4.74 Å². The number of hydrogen-bond acceptors (Lipinski definition) is 4. The number of ether oxygens (including phenoxy) is 1. The standard InChI is InChI=1S/C29H42O4/c1-5-7-8-9-10-27(32)33-29(20(4)30)19(3)17-26-25-13-11-21-18-22(31)12-14-23(21)24(25)15-16-28(26,29)6-2/h18,23-26H,3,5-17H2,1-2,4H3/t23-,24+,25+,26-,28-,29-/m0/s1. The van der Waals surface area contributed by atoms with Gasteiger partial charge in [-0.2, -0.15) is 0 Å². The molecule has 0 heterocycles. The minimum absolute atomic E-state index is 0.0446. The number of unbranched alkanes of at least 4 members (excludes halogenated alkanes) is 3. The van der Waals surface area contributed by atoms with Gasteiger partial charge in [0.15, 0.2) is 17.2 Å². The molecule has 4 rings (SSSR count). The summed E-state index contributed by atoms with van der Waals surface area (Å²) >= 11 is 0. The molecule has 0 aliphatic heterocycles. The molecule has 4 heteroatoms. The molecule has 0 N–H and O–H groups in total. The fourth-order valence-electron chi connectivity index (χ4n) is 8.39. The molecular formula is C29H42O4. The molecule has 0 saturated heterocycles. The average Bonchev–Trinajstić information content (AvgIpc) is 3.05. The zero-order chi connectivity index (χ0) is 23.8. The van der Waals surface area contributed by atoms with E-state index in [1.54, 1.807) is 6.92 Å². The Morgan fingerprint density at radius 3 is 2.58 bits per heavy atom. The molecule has 6 atom stereocenters. The number of fused-ring (bicyclic) bond motifs is 5. The van der Waals surface area contributed by atoms with E-state index in [-0.39, 0.29) is 23.0 Å². The lowest BCUT2D eigenvalue weighted by atomic mass is 9.49. The van der Waals surface area contributed by atoms with Gasteiger partial charge in [-0.05, 0) is 93.6 Å². The molecule has 0 aromatic rings. The van der Waals surface area contributed by atoms with Gasteiger partial charge >= 0.3 is 5.97 Å². The number of hydrogen-bond donors (Lipinski definition) is 0. The van der Waals surface area contributed by atoms with Crippen molar-refractivity contribution in [3.8, 4) is 0 Å². The summed E-state index contributed by atoms with van der Waals surface area (Å²) in [4.78, 5) is 38.3. The van der Waals surface area contributed by atoms with Crippen LogP contribution in [0.15, 0.2) is 23.8 Å². The lowest BCUT2D eigenvalue weighted by Crippen LogP contribution is -2.59. The van der Waals surface area contributed by atoms with Gasteiger partial charge in [-0.1, -0.05) is 45.3 Å². The summed E-state index contributed by atoms with van der Waals surface area (Å²) in [6.45, 7) is 10.3. The quantitative estimate of drug-likeness (QED) is 0.238. The van der Waals surface area contributed by atoms with Crippen LogP contribution in [0.5, 0.6) is 0 Å². The highest BCUT2D eigenvalue weighted by Gasteiger charge is 2.69. The Kier molecular flexibility index (Phi) is 7.03. The Bertz CT molecular complexity index is 854. The maximum atomic E-state index is 13.3. The highest BCUT2D eigenvalue weighted by Crippen LogP contribution is 2.68. The summed E-state index contributed by atoms with van der Waals surface area (Å²) < 4.78 is 6.27. The van der Waals surface area contributed by atoms with Crippen molar-refractivity contribution >= 4 is 17.5 Å². The number of ketones is 2. The van der Waals surface area contributed by atoms with Crippen LogP contribution in [-0.2, 0) is 19.1 Å². The molecule has 0 aromatic heterocycles. The van der Waals surface area contributed by atoms with Gasteiger partial charge in [0.2, 0.25) is 0 Å². The Labute approximate surface area is 199 Å². The summed E-state index contributed by atoms with van der Waals surface area (Å²) in [7, 11) is 0. The molecule has 3 fully saturated rings. The second kappa shape index (κ2) is 9.50. The third-order valence-corrected chi connectivity index (χ3v) is 9.80. The molecule has 33 heavy (non-hydrogen) atoms. The number of Topliss-reactive ketones (excluding diaryl/α,β-unsaturated/α-hetero) is 1. The smallest absolute Gasteiger partial charge is 0.307 e. The molecule has 0 bridgehead atoms. The van der Waals surface area contributed by atoms with Crippen molar-refractivity contribution in [1.29, 1.82) is 0 Å². The van der Waals surface area contributed by atoms with E-state index < -0.39 is 5.60 Å². The predicted octanol–water partition coefficient (Wildman–Crippen LogP) is 6.53. The Hall–Kier alpha value is -1.71. The first-order chi connectivity index (χ1) is 15.8. The van der Waals surface area contributed by atoms with Crippen LogP contribution in [0.25, 0.3) is 0 Å². The van der Waals surface area contributed by atoms with E-state index in [0.717, 1.165) is 76.2 Å². The maximum absolute atomic E-state index is 13.3. The fraction of sp³-hybridized carbons (Fsp3) is 0.759.